The first kappa shape index (κ1) is 14.3. The van der Waals surface area contributed by atoms with E-state index in [0.717, 1.165) is 23.7 Å². The predicted molar refractivity (Wildman–Crippen MR) is 88.9 cm³/mol. The molecular formula is C17H21N3S. The monoisotopic (exact) mass is 299 g/mol. The Kier molecular flexibility index (Phi) is 4.08. The summed E-state index contributed by atoms with van der Waals surface area (Å²) < 4.78 is 2.18. The molecule has 0 aliphatic rings. The number of thiazole rings is 1. The summed E-state index contributed by atoms with van der Waals surface area (Å²) >= 11 is 1.68. The Labute approximate surface area is 129 Å². The smallest absolute Gasteiger partial charge is 0.194 e. The maximum atomic E-state index is 4.57. The molecule has 2 aromatic heterocycles. The summed E-state index contributed by atoms with van der Waals surface area (Å²) in [6.45, 7) is 8.25. The molecule has 0 aliphatic carbocycles. The topological polar surface area (TPSA) is 29.3 Å². The summed E-state index contributed by atoms with van der Waals surface area (Å²) in [6.07, 6.45) is 2.09. The van der Waals surface area contributed by atoms with E-state index < -0.39 is 0 Å². The quantitative estimate of drug-likeness (QED) is 0.768. The number of hydrogen-bond acceptors (Lipinski definition) is 3. The van der Waals surface area contributed by atoms with Crippen LogP contribution >= 0.6 is 11.3 Å². The van der Waals surface area contributed by atoms with Crippen LogP contribution in [0.4, 0.5) is 0 Å². The van der Waals surface area contributed by atoms with Crippen LogP contribution in [0.2, 0.25) is 0 Å². The molecule has 21 heavy (non-hydrogen) atoms. The number of imidazole rings is 1. The van der Waals surface area contributed by atoms with Gasteiger partial charge in [-0.3, -0.25) is 4.40 Å². The van der Waals surface area contributed by atoms with Crippen LogP contribution in [-0.4, -0.2) is 9.38 Å². The lowest BCUT2D eigenvalue weighted by Crippen LogP contribution is -2.14. The SMILES string of the molecule is Cc1nc2sccn2c1CNCc1ccc(C(C)C)cc1. The third-order valence-corrected chi connectivity index (χ3v) is 4.59. The third-order valence-electron chi connectivity index (χ3n) is 3.83. The van der Waals surface area contributed by atoms with E-state index in [1.807, 2.05) is 0 Å². The molecule has 0 unspecified atom stereocenters. The second-order valence-corrected chi connectivity index (χ2v) is 6.57. The van der Waals surface area contributed by atoms with Gasteiger partial charge in [-0.1, -0.05) is 38.1 Å². The predicted octanol–water partition coefficient (Wildman–Crippen LogP) is 4.12. The van der Waals surface area contributed by atoms with Gasteiger partial charge in [0.05, 0.1) is 11.4 Å². The standard InChI is InChI=1S/C17H21N3S/c1-12(2)15-6-4-14(5-7-15)10-18-11-16-13(3)19-17-20(16)8-9-21-17/h4-9,12,18H,10-11H2,1-3H3. The largest absolute Gasteiger partial charge is 0.307 e. The summed E-state index contributed by atoms with van der Waals surface area (Å²) in [7, 11) is 0. The molecule has 0 saturated heterocycles. The van der Waals surface area contributed by atoms with Gasteiger partial charge < -0.3 is 5.32 Å². The van der Waals surface area contributed by atoms with Crippen molar-refractivity contribution in [2.45, 2.75) is 39.8 Å². The van der Waals surface area contributed by atoms with Crippen LogP contribution in [0.1, 0.15) is 42.3 Å². The third kappa shape index (κ3) is 3.01. The molecule has 0 radical (unpaired) electrons. The van der Waals surface area contributed by atoms with E-state index in [2.05, 4.69) is 71.3 Å². The number of nitrogens with zero attached hydrogens (tertiary/aromatic N) is 2. The van der Waals surface area contributed by atoms with Gasteiger partial charge in [0.15, 0.2) is 4.96 Å². The highest BCUT2D eigenvalue weighted by molar-refractivity contribution is 7.15. The average Bonchev–Trinajstić information content (AvgIpc) is 3.02. The number of aromatic nitrogens is 2. The van der Waals surface area contributed by atoms with Gasteiger partial charge in [0.1, 0.15) is 0 Å². The van der Waals surface area contributed by atoms with Crippen molar-refractivity contribution in [2.24, 2.45) is 0 Å². The maximum absolute atomic E-state index is 4.57. The lowest BCUT2D eigenvalue weighted by molar-refractivity contribution is 0.672. The van der Waals surface area contributed by atoms with Crippen molar-refractivity contribution >= 4 is 16.3 Å². The van der Waals surface area contributed by atoms with Crippen molar-refractivity contribution in [2.75, 3.05) is 0 Å². The zero-order valence-corrected chi connectivity index (χ0v) is 13.6. The fraction of sp³-hybridized carbons (Fsp3) is 0.353. The van der Waals surface area contributed by atoms with Gasteiger partial charge in [0.25, 0.3) is 0 Å². The summed E-state index contributed by atoms with van der Waals surface area (Å²) in [4.78, 5) is 5.65. The van der Waals surface area contributed by atoms with Gasteiger partial charge >= 0.3 is 0 Å². The molecular weight excluding hydrogens is 278 g/mol. The Morgan fingerprint density at radius 3 is 2.67 bits per heavy atom. The molecule has 0 bridgehead atoms. The highest BCUT2D eigenvalue weighted by atomic mass is 32.1. The van der Waals surface area contributed by atoms with Crippen LogP contribution in [0.15, 0.2) is 35.8 Å². The first-order chi connectivity index (χ1) is 10.1. The second-order valence-electron chi connectivity index (χ2n) is 5.70. The molecule has 2 heterocycles. The first-order valence-corrected chi connectivity index (χ1v) is 8.23. The van der Waals surface area contributed by atoms with Gasteiger partial charge in [-0.25, -0.2) is 4.98 Å². The Bertz CT molecular complexity index is 722. The zero-order valence-electron chi connectivity index (χ0n) is 12.8. The molecule has 0 fully saturated rings. The van der Waals surface area contributed by atoms with Crippen LogP contribution in [0.3, 0.4) is 0 Å². The number of fused-ring (bicyclic) bond motifs is 1. The van der Waals surface area contributed by atoms with Crippen molar-refractivity contribution in [3.05, 3.63) is 58.4 Å². The van der Waals surface area contributed by atoms with Crippen LogP contribution in [0.25, 0.3) is 4.96 Å². The van der Waals surface area contributed by atoms with Gasteiger partial charge in [0, 0.05) is 24.7 Å². The second kappa shape index (κ2) is 6.00. The van der Waals surface area contributed by atoms with Crippen LogP contribution in [0.5, 0.6) is 0 Å². The number of rotatable bonds is 5. The average molecular weight is 299 g/mol. The van der Waals surface area contributed by atoms with Gasteiger partial charge in [-0.2, -0.15) is 0 Å². The Hall–Kier alpha value is -1.65. The van der Waals surface area contributed by atoms with Crippen LogP contribution in [-0.2, 0) is 13.1 Å². The van der Waals surface area contributed by atoms with E-state index in [-0.39, 0.29) is 0 Å². The van der Waals surface area contributed by atoms with E-state index in [9.17, 15) is 0 Å². The molecule has 1 aromatic carbocycles. The van der Waals surface area contributed by atoms with Crippen LogP contribution < -0.4 is 5.32 Å². The van der Waals surface area contributed by atoms with Crippen molar-refractivity contribution in [3.63, 3.8) is 0 Å². The molecule has 4 heteroatoms. The molecule has 0 spiro atoms. The van der Waals surface area contributed by atoms with Crippen molar-refractivity contribution < 1.29 is 0 Å². The molecule has 0 saturated carbocycles. The molecule has 1 N–H and O–H groups in total. The number of hydrogen-bond donors (Lipinski definition) is 1. The molecule has 3 aromatic rings. The van der Waals surface area contributed by atoms with E-state index in [4.69, 9.17) is 0 Å². The maximum Gasteiger partial charge on any atom is 0.194 e. The molecule has 0 amide bonds. The number of aryl methyl sites for hydroxylation is 1. The minimum absolute atomic E-state index is 0.591. The zero-order chi connectivity index (χ0) is 14.8. The minimum atomic E-state index is 0.591. The molecule has 3 rings (SSSR count). The summed E-state index contributed by atoms with van der Waals surface area (Å²) in [5.41, 5.74) is 5.09. The van der Waals surface area contributed by atoms with Crippen LogP contribution in [0, 0.1) is 6.92 Å². The van der Waals surface area contributed by atoms with E-state index >= 15 is 0 Å². The molecule has 0 aliphatic heterocycles. The summed E-state index contributed by atoms with van der Waals surface area (Å²) in [5.74, 6) is 0.591. The number of benzene rings is 1. The summed E-state index contributed by atoms with van der Waals surface area (Å²) in [6, 6.07) is 8.88. The van der Waals surface area contributed by atoms with Crippen molar-refractivity contribution in [3.8, 4) is 0 Å². The lowest BCUT2D eigenvalue weighted by atomic mass is 10.0. The molecule has 0 atom stereocenters. The highest BCUT2D eigenvalue weighted by Crippen LogP contribution is 2.17. The Morgan fingerprint density at radius 2 is 1.95 bits per heavy atom. The highest BCUT2D eigenvalue weighted by Gasteiger charge is 2.08. The fourth-order valence-electron chi connectivity index (χ4n) is 2.50. The number of nitrogens with one attached hydrogen (secondary N) is 1. The lowest BCUT2D eigenvalue weighted by Gasteiger charge is -2.08. The minimum Gasteiger partial charge on any atom is -0.307 e. The van der Waals surface area contributed by atoms with Gasteiger partial charge in [0.2, 0.25) is 0 Å². The molecule has 110 valence electrons. The van der Waals surface area contributed by atoms with Gasteiger partial charge in [-0.15, -0.1) is 11.3 Å². The van der Waals surface area contributed by atoms with Gasteiger partial charge in [-0.05, 0) is 24.0 Å². The van der Waals surface area contributed by atoms with E-state index in [1.165, 1.54) is 16.8 Å². The Morgan fingerprint density at radius 1 is 1.19 bits per heavy atom. The van der Waals surface area contributed by atoms with Crippen molar-refractivity contribution in [1.82, 2.24) is 14.7 Å². The fourth-order valence-corrected chi connectivity index (χ4v) is 3.28. The molecule has 3 nitrogen and oxygen atoms in total. The normalized spacial score (nSPS) is 11.6. The first-order valence-electron chi connectivity index (χ1n) is 7.35. The summed E-state index contributed by atoms with van der Waals surface area (Å²) in [5, 5.41) is 5.60. The van der Waals surface area contributed by atoms with E-state index in [0.29, 0.717) is 5.92 Å². The Balaban J connectivity index is 1.63. The van der Waals surface area contributed by atoms with E-state index in [1.54, 1.807) is 11.3 Å². The van der Waals surface area contributed by atoms with Crippen molar-refractivity contribution in [1.29, 1.82) is 0 Å².